The molecule has 2 aromatic carbocycles. The molecule has 12 heteroatoms. The molecular formula is C28H32F3N3O6. The molecule has 1 heterocycles. The van der Waals surface area contributed by atoms with Crippen LogP contribution < -0.4 is 11.5 Å². The zero-order chi connectivity index (χ0) is 29.6. The van der Waals surface area contributed by atoms with Gasteiger partial charge in [-0.1, -0.05) is 48.5 Å². The van der Waals surface area contributed by atoms with Crippen LogP contribution in [0.15, 0.2) is 54.6 Å². The van der Waals surface area contributed by atoms with Crippen molar-refractivity contribution < 1.29 is 42.6 Å². The SMILES string of the molecule is NCC1CCC(C(=O)N2CC(c3ccccc3C(=O)O)[C@@H](c3ccccc3)[C@H]2C(N)=O)CC1.O=C(O)C(F)(F)F. The molecule has 216 valence electrons. The van der Waals surface area contributed by atoms with Gasteiger partial charge in [0.15, 0.2) is 0 Å². The summed E-state index contributed by atoms with van der Waals surface area (Å²) in [6.07, 6.45) is -1.80. The molecule has 0 aromatic heterocycles. The number of likely N-dealkylation sites (tertiary alicyclic amines) is 1. The topological polar surface area (TPSA) is 164 Å². The summed E-state index contributed by atoms with van der Waals surface area (Å²) in [5.41, 5.74) is 13.4. The van der Waals surface area contributed by atoms with E-state index in [-0.39, 0.29) is 29.9 Å². The van der Waals surface area contributed by atoms with Gasteiger partial charge in [-0.25, -0.2) is 9.59 Å². The van der Waals surface area contributed by atoms with Gasteiger partial charge in [-0.15, -0.1) is 0 Å². The number of carboxylic acids is 2. The number of rotatable bonds is 6. The predicted molar refractivity (Wildman–Crippen MR) is 138 cm³/mol. The van der Waals surface area contributed by atoms with Gasteiger partial charge < -0.3 is 26.6 Å². The smallest absolute Gasteiger partial charge is 0.478 e. The normalized spacial score (nSPS) is 24.5. The van der Waals surface area contributed by atoms with E-state index in [1.807, 2.05) is 30.3 Å². The van der Waals surface area contributed by atoms with E-state index in [1.54, 1.807) is 29.2 Å². The number of primary amides is 1. The monoisotopic (exact) mass is 563 g/mol. The van der Waals surface area contributed by atoms with Crippen molar-refractivity contribution in [1.29, 1.82) is 0 Å². The minimum atomic E-state index is -5.08. The number of aliphatic carboxylic acids is 1. The lowest BCUT2D eigenvalue weighted by Gasteiger charge is -2.32. The van der Waals surface area contributed by atoms with E-state index < -0.39 is 36.0 Å². The number of carbonyl (C=O) groups excluding carboxylic acids is 2. The number of carbonyl (C=O) groups is 4. The Balaban J connectivity index is 0.000000559. The van der Waals surface area contributed by atoms with Gasteiger partial charge in [0.25, 0.3) is 0 Å². The fourth-order valence-corrected chi connectivity index (χ4v) is 5.69. The van der Waals surface area contributed by atoms with Crippen LogP contribution in [0.3, 0.4) is 0 Å². The van der Waals surface area contributed by atoms with Crippen molar-refractivity contribution >= 4 is 23.8 Å². The second-order valence-corrected chi connectivity index (χ2v) is 10.0. The Kier molecular flexibility index (Phi) is 9.91. The molecule has 1 unspecified atom stereocenters. The van der Waals surface area contributed by atoms with Gasteiger partial charge in [0, 0.05) is 24.3 Å². The zero-order valence-electron chi connectivity index (χ0n) is 21.6. The fourth-order valence-electron chi connectivity index (χ4n) is 5.69. The van der Waals surface area contributed by atoms with Crippen molar-refractivity contribution in [3.05, 3.63) is 71.3 Å². The maximum absolute atomic E-state index is 13.7. The number of hydrogen-bond acceptors (Lipinski definition) is 5. The van der Waals surface area contributed by atoms with E-state index in [4.69, 9.17) is 21.4 Å². The first kappa shape index (κ1) is 30.6. The van der Waals surface area contributed by atoms with Crippen molar-refractivity contribution in [2.24, 2.45) is 23.3 Å². The minimum absolute atomic E-state index is 0.0643. The number of amides is 2. The highest BCUT2D eigenvalue weighted by atomic mass is 19.4. The van der Waals surface area contributed by atoms with E-state index in [0.29, 0.717) is 18.0 Å². The molecule has 9 nitrogen and oxygen atoms in total. The Morgan fingerprint density at radius 2 is 1.45 bits per heavy atom. The lowest BCUT2D eigenvalue weighted by Crippen LogP contribution is -2.48. The molecule has 0 spiro atoms. The Morgan fingerprint density at radius 3 is 1.95 bits per heavy atom. The molecule has 1 aliphatic carbocycles. The molecular weight excluding hydrogens is 531 g/mol. The lowest BCUT2D eigenvalue weighted by molar-refractivity contribution is -0.192. The molecule has 1 saturated carbocycles. The molecule has 2 fully saturated rings. The first-order chi connectivity index (χ1) is 18.9. The lowest BCUT2D eigenvalue weighted by atomic mass is 9.78. The van der Waals surface area contributed by atoms with Crippen LogP contribution in [0.4, 0.5) is 13.2 Å². The summed E-state index contributed by atoms with van der Waals surface area (Å²) in [6, 6.07) is 15.5. The third-order valence-electron chi connectivity index (χ3n) is 7.62. The van der Waals surface area contributed by atoms with E-state index in [9.17, 15) is 32.7 Å². The Bertz CT molecular complexity index is 1220. The first-order valence-electron chi connectivity index (χ1n) is 12.8. The molecule has 40 heavy (non-hydrogen) atoms. The highest BCUT2D eigenvalue weighted by Gasteiger charge is 2.50. The number of benzene rings is 2. The largest absolute Gasteiger partial charge is 0.490 e. The number of nitrogens with two attached hydrogens (primary N) is 2. The van der Waals surface area contributed by atoms with Crippen LogP contribution in [-0.2, 0) is 14.4 Å². The van der Waals surface area contributed by atoms with Crippen molar-refractivity contribution in [2.75, 3.05) is 13.1 Å². The van der Waals surface area contributed by atoms with Crippen LogP contribution in [-0.4, -0.2) is 64.2 Å². The van der Waals surface area contributed by atoms with Crippen LogP contribution in [0.2, 0.25) is 0 Å². The van der Waals surface area contributed by atoms with Gasteiger partial charge in [-0.05, 0) is 55.3 Å². The maximum atomic E-state index is 13.7. The van der Waals surface area contributed by atoms with E-state index in [1.165, 1.54) is 0 Å². The Morgan fingerprint density at radius 1 is 0.900 bits per heavy atom. The molecule has 4 rings (SSSR count). The first-order valence-corrected chi connectivity index (χ1v) is 12.8. The average molecular weight is 564 g/mol. The second kappa shape index (κ2) is 12.9. The van der Waals surface area contributed by atoms with Crippen molar-refractivity contribution in [2.45, 2.75) is 49.7 Å². The molecule has 2 amide bonds. The Hall–Kier alpha value is -3.93. The quantitative estimate of drug-likeness (QED) is 0.419. The molecule has 1 saturated heterocycles. The van der Waals surface area contributed by atoms with E-state index in [2.05, 4.69) is 0 Å². The second-order valence-electron chi connectivity index (χ2n) is 10.0. The fraction of sp³-hybridized carbons (Fsp3) is 0.429. The van der Waals surface area contributed by atoms with Gasteiger partial charge in [-0.2, -0.15) is 13.2 Å². The van der Waals surface area contributed by atoms with Gasteiger partial charge in [-0.3, -0.25) is 9.59 Å². The van der Waals surface area contributed by atoms with Crippen LogP contribution in [0, 0.1) is 11.8 Å². The van der Waals surface area contributed by atoms with Gasteiger partial charge in [0.2, 0.25) is 11.8 Å². The van der Waals surface area contributed by atoms with Crippen molar-refractivity contribution in [3.8, 4) is 0 Å². The highest BCUT2D eigenvalue weighted by Crippen LogP contribution is 2.46. The summed E-state index contributed by atoms with van der Waals surface area (Å²) in [5, 5.41) is 16.9. The molecule has 6 N–H and O–H groups in total. The minimum Gasteiger partial charge on any atom is -0.478 e. The Labute approximate surface area is 228 Å². The number of hydrogen-bond donors (Lipinski definition) is 4. The number of carboxylic acid groups (broad SMARTS) is 2. The van der Waals surface area contributed by atoms with Crippen molar-refractivity contribution in [1.82, 2.24) is 4.90 Å². The number of alkyl halides is 3. The summed E-state index contributed by atoms with van der Waals surface area (Å²) in [5.74, 6) is -4.93. The molecule has 1 aliphatic heterocycles. The van der Waals surface area contributed by atoms with E-state index >= 15 is 0 Å². The summed E-state index contributed by atoms with van der Waals surface area (Å²) in [6.45, 7) is 0.881. The summed E-state index contributed by atoms with van der Waals surface area (Å²) in [7, 11) is 0. The number of halogens is 3. The molecule has 2 aromatic rings. The maximum Gasteiger partial charge on any atom is 0.490 e. The van der Waals surface area contributed by atoms with Gasteiger partial charge in [0.05, 0.1) is 5.56 Å². The summed E-state index contributed by atoms with van der Waals surface area (Å²) < 4.78 is 31.7. The highest BCUT2D eigenvalue weighted by molar-refractivity contribution is 5.92. The van der Waals surface area contributed by atoms with Crippen LogP contribution in [0.25, 0.3) is 0 Å². The summed E-state index contributed by atoms with van der Waals surface area (Å²) in [4.78, 5) is 48.9. The van der Waals surface area contributed by atoms with Crippen LogP contribution >= 0.6 is 0 Å². The standard InChI is InChI=1S/C26H31N3O4.C2HF3O2/c27-14-16-10-12-18(13-11-16)25(31)29-15-21(19-8-4-5-9-20(19)26(32)33)22(23(29)24(28)30)17-6-2-1-3-7-17;3-2(4,5)1(6)7/h1-9,16,18,21-23H,10-15,27H2,(H2,28,30)(H,32,33);(H,6,7)/t16?,18?,21?,22-,23+;/m1./s1. The molecule has 2 aliphatic rings. The van der Waals surface area contributed by atoms with Gasteiger partial charge >= 0.3 is 18.1 Å². The van der Waals surface area contributed by atoms with E-state index in [0.717, 1.165) is 31.2 Å². The number of nitrogens with zero attached hydrogens (tertiary/aromatic N) is 1. The van der Waals surface area contributed by atoms with Crippen molar-refractivity contribution in [3.63, 3.8) is 0 Å². The van der Waals surface area contributed by atoms with Crippen LogP contribution in [0.1, 0.15) is 59.0 Å². The van der Waals surface area contributed by atoms with Crippen LogP contribution in [0.5, 0.6) is 0 Å². The third-order valence-corrected chi connectivity index (χ3v) is 7.62. The average Bonchev–Trinajstić information content (AvgIpc) is 3.34. The number of aromatic carboxylic acids is 1. The molecule has 0 bridgehead atoms. The molecule has 3 atom stereocenters. The van der Waals surface area contributed by atoms with Gasteiger partial charge in [0.1, 0.15) is 6.04 Å². The predicted octanol–water partition coefficient (Wildman–Crippen LogP) is 3.35. The third kappa shape index (κ3) is 6.98. The zero-order valence-corrected chi connectivity index (χ0v) is 21.6. The molecule has 0 radical (unpaired) electrons. The summed E-state index contributed by atoms with van der Waals surface area (Å²) >= 11 is 0.